The highest BCUT2D eigenvalue weighted by molar-refractivity contribution is 5.59. The Labute approximate surface area is 216 Å². The van der Waals surface area contributed by atoms with Gasteiger partial charge < -0.3 is 24.6 Å². The summed E-state index contributed by atoms with van der Waals surface area (Å²) in [5, 5.41) is 34.5. The fourth-order valence-electron chi connectivity index (χ4n) is 6.97. The number of methoxy groups -OCH3 is 1. The number of piperidine rings is 1. The molecule has 1 saturated heterocycles. The molecule has 7 nitrogen and oxygen atoms in total. The lowest BCUT2D eigenvalue weighted by atomic mass is 9.70. The SMILES string of the molecule is COc1cncc2c1[C@]1(O)[C@H](O)[C@H](CN3CCCCC3)C(c3ccccc3)[C@]1(c1ccc(C#N)cc1)O2. The van der Waals surface area contributed by atoms with Gasteiger partial charge in [0, 0.05) is 18.4 Å². The summed E-state index contributed by atoms with van der Waals surface area (Å²) in [7, 11) is 1.53. The highest BCUT2D eigenvalue weighted by atomic mass is 16.5. The van der Waals surface area contributed by atoms with Gasteiger partial charge in [0.2, 0.25) is 0 Å². The van der Waals surface area contributed by atoms with Gasteiger partial charge in [0.25, 0.3) is 0 Å². The van der Waals surface area contributed by atoms with Crippen LogP contribution in [0.2, 0.25) is 0 Å². The number of benzene rings is 2. The molecule has 1 aliphatic carbocycles. The van der Waals surface area contributed by atoms with Crippen molar-refractivity contribution in [2.24, 2.45) is 5.92 Å². The van der Waals surface area contributed by atoms with E-state index in [1.54, 1.807) is 24.5 Å². The molecule has 190 valence electrons. The number of likely N-dealkylation sites (tertiary alicyclic amines) is 1. The molecule has 3 aromatic rings. The van der Waals surface area contributed by atoms with E-state index >= 15 is 0 Å². The van der Waals surface area contributed by atoms with Gasteiger partial charge in [0.15, 0.2) is 11.2 Å². The second kappa shape index (κ2) is 9.14. The van der Waals surface area contributed by atoms with Crippen LogP contribution < -0.4 is 9.47 Å². The quantitative estimate of drug-likeness (QED) is 0.555. The molecule has 2 fully saturated rings. The molecule has 37 heavy (non-hydrogen) atoms. The number of fused-ring (bicyclic) bond motifs is 3. The molecule has 3 heterocycles. The first kappa shape index (κ1) is 23.9. The van der Waals surface area contributed by atoms with Crippen LogP contribution in [0, 0.1) is 17.2 Å². The highest BCUT2D eigenvalue weighted by Crippen LogP contribution is 2.69. The van der Waals surface area contributed by atoms with Gasteiger partial charge in [0.1, 0.15) is 11.5 Å². The number of hydrogen-bond donors (Lipinski definition) is 2. The van der Waals surface area contributed by atoms with E-state index in [1.807, 2.05) is 42.5 Å². The van der Waals surface area contributed by atoms with E-state index in [2.05, 4.69) is 16.0 Å². The second-order valence-corrected chi connectivity index (χ2v) is 10.4. The van der Waals surface area contributed by atoms with Crippen molar-refractivity contribution in [1.82, 2.24) is 9.88 Å². The summed E-state index contributed by atoms with van der Waals surface area (Å²) >= 11 is 0. The highest BCUT2D eigenvalue weighted by Gasteiger charge is 2.76. The maximum Gasteiger partial charge on any atom is 0.177 e. The van der Waals surface area contributed by atoms with Crippen molar-refractivity contribution < 1.29 is 19.7 Å². The molecule has 2 aromatic carbocycles. The second-order valence-electron chi connectivity index (χ2n) is 10.4. The maximum absolute atomic E-state index is 12.9. The van der Waals surface area contributed by atoms with Crippen molar-refractivity contribution in [3.63, 3.8) is 0 Å². The molecule has 0 spiro atoms. The molecular weight excluding hydrogens is 466 g/mol. The van der Waals surface area contributed by atoms with Crippen molar-refractivity contribution in [3.05, 3.63) is 89.2 Å². The number of nitrogens with zero attached hydrogens (tertiary/aromatic N) is 3. The van der Waals surface area contributed by atoms with Crippen LogP contribution in [0.25, 0.3) is 0 Å². The number of hydrogen-bond acceptors (Lipinski definition) is 7. The van der Waals surface area contributed by atoms with E-state index in [4.69, 9.17) is 9.47 Å². The van der Waals surface area contributed by atoms with Crippen LogP contribution in [0.15, 0.2) is 67.0 Å². The average Bonchev–Trinajstić information content (AvgIpc) is 3.32. The van der Waals surface area contributed by atoms with E-state index in [0.717, 1.165) is 31.5 Å². The van der Waals surface area contributed by atoms with E-state index in [9.17, 15) is 15.5 Å². The minimum Gasteiger partial charge on any atom is -0.495 e. The zero-order chi connectivity index (χ0) is 25.6. The van der Waals surface area contributed by atoms with Crippen LogP contribution in [0.5, 0.6) is 11.5 Å². The number of ether oxygens (including phenoxy) is 2. The van der Waals surface area contributed by atoms with Gasteiger partial charge in [0.05, 0.1) is 42.8 Å². The van der Waals surface area contributed by atoms with Gasteiger partial charge in [-0.25, -0.2) is 0 Å². The molecule has 6 rings (SSSR count). The first-order chi connectivity index (χ1) is 18.0. The summed E-state index contributed by atoms with van der Waals surface area (Å²) in [6.45, 7) is 2.57. The van der Waals surface area contributed by atoms with Crippen LogP contribution in [-0.4, -0.2) is 52.9 Å². The van der Waals surface area contributed by atoms with Crippen LogP contribution in [0.3, 0.4) is 0 Å². The molecular formula is C30H31N3O4. The summed E-state index contributed by atoms with van der Waals surface area (Å²) < 4.78 is 12.5. The number of rotatable bonds is 5. The minimum absolute atomic E-state index is 0.327. The van der Waals surface area contributed by atoms with Crippen molar-refractivity contribution in [3.8, 4) is 17.6 Å². The number of aromatic nitrogens is 1. The molecule has 1 saturated carbocycles. The van der Waals surface area contributed by atoms with Crippen molar-refractivity contribution in [2.75, 3.05) is 26.7 Å². The van der Waals surface area contributed by atoms with Gasteiger partial charge in [-0.15, -0.1) is 0 Å². The monoisotopic (exact) mass is 497 g/mol. The number of nitriles is 1. The Morgan fingerprint density at radius 3 is 2.49 bits per heavy atom. The van der Waals surface area contributed by atoms with Gasteiger partial charge in [-0.3, -0.25) is 4.98 Å². The Balaban J connectivity index is 1.61. The van der Waals surface area contributed by atoms with E-state index in [0.29, 0.717) is 34.7 Å². The smallest absolute Gasteiger partial charge is 0.177 e. The third-order valence-corrected chi connectivity index (χ3v) is 8.53. The predicted molar refractivity (Wildman–Crippen MR) is 137 cm³/mol. The zero-order valence-electron chi connectivity index (χ0n) is 20.9. The van der Waals surface area contributed by atoms with Crippen molar-refractivity contribution in [1.29, 1.82) is 5.26 Å². The Morgan fingerprint density at radius 1 is 1.08 bits per heavy atom. The van der Waals surface area contributed by atoms with Gasteiger partial charge in [-0.05, 0) is 49.2 Å². The fourth-order valence-corrected chi connectivity index (χ4v) is 6.97. The Bertz CT molecular complexity index is 1320. The Kier molecular flexibility index (Phi) is 5.91. The molecule has 3 aliphatic rings. The number of pyridine rings is 1. The third kappa shape index (κ3) is 3.40. The summed E-state index contributed by atoms with van der Waals surface area (Å²) in [6, 6.07) is 19.3. The van der Waals surface area contributed by atoms with Gasteiger partial charge in [-0.1, -0.05) is 48.9 Å². The third-order valence-electron chi connectivity index (χ3n) is 8.53. The molecule has 7 heteroatoms. The normalized spacial score (nSPS) is 30.7. The number of aliphatic hydroxyl groups excluding tert-OH is 1. The van der Waals surface area contributed by atoms with E-state index in [1.165, 1.54) is 13.5 Å². The lowest BCUT2D eigenvalue weighted by Gasteiger charge is -2.41. The average molecular weight is 498 g/mol. The summed E-state index contributed by atoms with van der Waals surface area (Å²) in [5.41, 5.74) is -0.570. The zero-order valence-corrected chi connectivity index (χ0v) is 20.9. The topological polar surface area (TPSA) is 98.8 Å². The van der Waals surface area contributed by atoms with E-state index in [-0.39, 0.29) is 11.8 Å². The molecule has 2 aliphatic heterocycles. The lowest BCUT2D eigenvalue weighted by molar-refractivity contribution is -0.152. The summed E-state index contributed by atoms with van der Waals surface area (Å²) in [6.07, 6.45) is 5.45. The molecule has 0 amide bonds. The minimum atomic E-state index is -1.81. The number of aliphatic hydroxyl groups is 2. The first-order valence-corrected chi connectivity index (χ1v) is 12.9. The Hall–Kier alpha value is -3.44. The van der Waals surface area contributed by atoms with Gasteiger partial charge in [-0.2, -0.15) is 5.26 Å². The molecule has 0 bridgehead atoms. The molecule has 2 N–H and O–H groups in total. The molecule has 0 radical (unpaired) electrons. The molecule has 5 atom stereocenters. The van der Waals surface area contributed by atoms with Crippen LogP contribution in [0.4, 0.5) is 0 Å². The standard InChI is InChI=1S/C30H31N3O4/c1-36-24-17-32-18-25-27(24)29(35)28(34)23(19-33-14-6-3-7-15-33)26(21-8-4-2-5-9-21)30(29,37-25)22-12-10-20(16-31)11-13-22/h2,4-5,8-13,17-18,23,26,28,34-35H,3,6-7,14-15,19H2,1H3/t23-,26?,28-,29+,30+/m1/s1. The molecule has 1 aromatic heterocycles. The van der Waals surface area contributed by atoms with Crippen LogP contribution in [0.1, 0.15) is 47.4 Å². The largest absolute Gasteiger partial charge is 0.495 e. The van der Waals surface area contributed by atoms with Crippen LogP contribution in [-0.2, 0) is 11.2 Å². The van der Waals surface area contributed by atoms with Gasteiger partial charge >= 0.3 is 0 Å². The maximum atomic E-state index is 12.9. The predicted octanol–water partition coefficient (Wildman–Crippen LogP) is 3.70. The molecule has 1 unspecified atom stereocenters. The van der Waals surface area contributed by atoms with Crippen molar-refractivity contribution in [2.45, 2.75) is 42.5 Å². The summed E-state index contributed by atoms with van der Waals surface area (Å²) in [5.74, 6) is 0.0513. The Morgan fingerprint density at radius 2 is 1.81 bits per heavy atom. The summed E-state index contributed by atoms with van der Waals surface area (Å²) in [4.78, 5) is 6.68. The first-order valence-electron chi connectivity index (χ1n) is 12.9. The fraction of sp³-hybridized carbons (Fsp3) is 0.400. The van der Waals surface area contributed by atoms with E-state index < -0.39 is 17.3 Å². The lowest BCUT2D eigenvalue weighted by Crippen LogP contribution is -2.52. The van der Waals surface area contributed by atoms with Crippen molar-refractivity contribution >= 4 is 0 Å². The van der Waals surface area contributed by atoms with Crippen LogP contribution >= 0.6 is 0 Å².